The van der Waals surface area contributed by atoms with E-state index in [9.17, 15) is 14.9 Å². The molecule has 0 unspecified atom stereocenters. The number of hydrogen-bond donors (Lipinski definition) is 0. The lowest BCUT2D eigenvalue weighted by Gasteiger charge is -2.17. The molecule has 0 N–H and O–H groups in total. The SMILES string of the molecule is C=CCc1cc(C=C2C(=O)N(c3nc(C)c(C(=O)OCC)s3)N=C2C)cc(OCC)c1OCc1ccccc1C#N. The highest BCUT2D eigenvalue weighted by Crippen LogP contribution is 2.37. The molecule has 0 saturated carbocycles. The molecular formula is C31H30N4O5S. The van der Waals surface area contributed by atoms with Gasteiger partial charge in [0.2, 0.25) is 5.13 Å². The van der Waals surface area contributed by atoms with Gasteiger partial charge in [0, 0.05) is 11.1 Å². The standard InChI is InChI=1S/C31H30N4O5S/c1-6-11-22-14-21(16-26(38-7-2)27(22)40-18-24-13-10-9-12-23(24)17-32)15-25-19(4)34-35(29(25)36)31-33-20(5)28(41-31)30(37)39-8-3/h6,9-10,12-16H,1,7-8,11,18H2,2-5H3. The fraction of sp³-hybridized carbons (Fsp3) is 0.258. The molecule has 41 heavy (non-hydrogen) atoms. The van der Waals surface area contributed by atoms with Gasteiger partial charge in [-0.2, -0.15) is 15.4 Å². The maximum absolute atomic E-state index is 13.4. The van der Waals surface area contributed by atoms with Crippen molar-refractivity contribution >= 4 is 40.1 Å². The summed E-state index contributed by atoms with van der Waals surface area (Å²) in [6.07, 6.45) is 4.01. The van der Waals surface area contributed by atoms with Crippen LogP contribution in [0.25, 0.3) is 6.08 Å². The van der Waals surface area contributed by atoms with Crippen molar-refractivity contribution in [3.05, 3.63) is 87.5 Å². The summed E-state index contributed by atoms with van der Waals surface area (Å²) in [4.78, 5) is 30.4. The molecular weight excluding hydrogens is 540 g/mol. The van der Waals surface area contributed by atoms with E-state index in [2.05, 4.69) is 22.7 Å². The highest BCUT2D eigenvalue weighted by Gasteiger charge is 2.32. The Kier molecular flexibility index (Phi) is 9.32. The highest BCUT2D eigenvalue weighted by atomic mass is 32.1. The molecule has 0 spiro atoms. The number of aryl methyl sites for hydroxylation is 1. The maximum Gasteiger partial charge on any atom is 0.350 e. The van der Waals surface area contributed by atoms with Gasteiger partial charge in [-0.05, 0) is 64.0 Å². The summed E-state index contributed by atoms with van der Waals surface area (Å²) in [6.45, 7) is 11.8. The average Bonchev–Trinajstić information content (AvgIpc) is 3.47. The molecule has 2 aromatic carbocycles. The first-order chi connectivity index (χ1) is 19.8. The van der Waals surface area contributed by atoms with E-state index in [1.54, 1.807) is 39.0 Å². The lowest BCUT2D eigenvalue weighted by Crippen LogP contribution is -2.21. The van der Waals surface area contributed by atoms with E-state index in [4.69, 9.17) is 14.2 Å². The third-order valence-corrected chi connectivity index (χ3v) is 7.24. The molecule has 10 heteroatoms. The van der Waals surface area contributed by atoms with Crippen molar-refractivity contribution in [2.75, 3.05) is 18.2 Å². The first-order valence-electron chi connectivity index (χ1n) is 13.1. The number of esters is 1. The molecule has 0 radical (unpaired) electrons. The number of nitriles is 1. The summed E-state index contributed by atoms with van der Waals surface area (Å²) in [5.41, 5.74) is 4.22. The first kappa shape index (κ1) is 29.2. The van der Waals surface area contributed by atoms with Crippen LogP contribution in [0.3, 0.4) is 0 Å². The maximum atomic E-state index is 13.4. The monoisotopic (exact) mass is 570 g/mol. The van der Waals surface area contributed by atoms with E-state index in [-0.39, 0.29) is 19.1 Å². The summed E-state index contributed by atoms with van der Waals surface area (Å²) in [7, 11) is 0. The molecule has 0 bridgehead atoms. The van der Waals surface area contributed by atoms with Gasteiger partial charge in [-0.25, -0.2) is 9.78 Å². The Hall–Kier alpha value is -4.75. The number of amides is 1. The van der Waals surface area contributed by atoms with E-state index in [1.807, 2.05) is 37.3 Å². The van der Waals surface area contributed by atoms with Crippen LogP contribution in [0.2, 0.25) is 0 Å². The van der Waals surface area contributed by atoms with Gasteiger partial charge in [-0.15, -0.1) is 6.58 Å². The van der Waals surface area contributed by atoms with E-state index < -0.39 is 5.97 Å². The van der Waals surface area contributed by atoms with Crippen LogP contribution in [0.5, 0.6) is 11.5 Å². The van der Waals surface area contributed by atoms with Crippen molar-refractivity contribution in [3.63, 3.8) is 0 Å². The van der Waals surface area contributed by atoms with Gasteiger partial charge in [0.1, 0.15) is 11.5 Å². The van der Waals surface area contributed by atoms with Crippen molar-refractivity contribution in [3.8, 4) is 17.6 Å². The molecule has 1 aliphatic heterocycles. The zero-order valence-corrected chi connectivity index (χ0v) is 24.2. The van der Waals surface area contributed by atoms with E-state index in [0.29, 0.717) is 57.1 Å². The zero-order valence-electron chi connectivity index (χ0n) is 23.4. The molecule has 0 saturated heterocycles. The summed E-state index contributed by atoms with van der Waals surface area (Å²) < 4.78 is 17.2. The van der Waals surface area contributed by atoms with Gasteiger partial charge in [-0.3, -0.25) is 4.79 Å². The average molecular weight is 571 g/mol. The fourth-order valence-corrected chi connectivity index (χ4v) is 5.16. The van der Waals surface area contributed by atoms with E-state index in [1.165, 1.54) is 5.01 Å². The van der Waals surface area contributed by atoms with Crippen LogP contribution in [0.1, 0.15) is 58.4 Å². The third kappa shape index (κ3) is 6.36. The van der Waals surface area contributed by atoms with Gasteiger partial charge in [-0.1, -0.05) is 35.6 Å². The van der Waals surface area contributed by atoms with Crippen molar-refractivity contribution in [1.29, 1.82) is 5.26 Å². The highest BCUT2D eigenvalue weighted by molar-refractivity contribution is 7.17. The Morgan fingerprint density at radius 2 is 1.93 bits per heavy atom. The molecule has 0 fully saturated rings. The van der Waals surface area contributed by atoms with Crippen LogP contribution in [-0.4, -0.2) is 35.8 Å². The number of carbonyl (C=O) groups is 2. The first-order valence-corrected chi connectivity index (χ1v) is 13.9. The van der Waals surface area contributed by atoms with Crippen LogP contribution in [0.4, 0.5) is 5.13 Å². The number of nitrogens with zero attached hydrogens (tertiary/aromatic N) is 4. The van der Waals surface area contributed by atoms with Crippen LogP contribution < -0.4 is 14.5 Å². The number of aromatic nitrogens is 1. The zero-order chi connectivity index (χ0) is 29.5. The van der Waals surface area contributed by atoms with Crippen molar-refractivity contribution in [2.24, 2.45) is 5.10 Å². The van der Waals surface area contributed by atoms with Crippen LogP contribution in [0.15, 0.2) is 59.7 Å². The van der Waals surface area contributed by atoms with Crippen LogP contribution >= 0.6 is 11.3 Å². The molecule has 2 heterocycles. The topological polar surface area (TPSA) is 114 Å². The fourth-order valence-electron chi connectivity index (χ4n) is 4.25. The Balaban J connectivity index is 1.67. The van der Waals surface area contributed by atoms with Crippen LogP contribution in [-0.2, 0) is 22.6 Å². The summed E-state index contributed by atoms with van der Waals surface area (Å²) in [5.74, 6) is 0.229. The predicted molar refractivity (Wildman–Crippen MR) is 158 cm³/mol. The number of thiazole rings is 1. The smallest absolute Gasteiger partial charge is 0.350 e. The molecule has 1 aliphatic rings. The third-order valence-electron chi connectivity index (χ3n) is 6.13. The van der Waals surface area contributed by atoms with Crippen molar-refractivity contribution in [1.82, 2.24) is 4.98 Å². The Labute approximate surface area is 243 Å². The minimum Gasteiger partial charge on any atom is -0.490 e. The second-order valence-electron chi connectivity index (χ2n) is 8.98. The summed E-state index contributed by atoms with van der Waals surface area (Å²) in [6, 6.07) is 13.2. The number of rotatable bonds is 11. The molecule has 1 amide bonds. The van der Waals surface area contributed by atoms with Crippen molar-refractivity contribution < 1.29 is 23.8 Å². The van der Waals surface area contributed by atoms with Crippen molar-refractivity contribution in [2.45, 2.75) is 40.7 Å². The minimum atomic E-state index is -0.478. The molecule has 0 atom stereocenters. The molecule has 4 rings (SSSR count). The molecule has 0 aliphatic carbocycles. The second kappa shape index (κ2) is 13.1. The number of hydrazone groups is 1. The van der Waals surface area contributed by atoms with Gasteiger partial charge in [0.15, 0.2) is 11.5 Å². The number of hydrogen-bond acceptors (Lipinski definition) is 9. The Bertz CT molecular complexity index is 1600. The van der Waals surface area contributed by atoms with Gasteiger partial charge >= 0.3 is 5.97 Å². The van der Waals surface area contributed by atoms with Gasteiger partial charge < -0.3 is 14.2 Å². The number of benzene rings is 2. The molecule has 9 nitrogen and oxygen atoms in total. The number of anilines is 1. The molecule has 3 aromatic rings. The minimum absolute atomic E-state index is 0.189. The Morgan fingerprint density at radius 1 is 1.15 bits per heavy atom. The molecule has 210 valence electrons. The predicted octanol–water partition coefficient (Wildman–Crippen LogP) is 6.01. The van der Waals surface area contributed by atoms with E-state index >= 15 is 0 Å². The number of allylic oxidation sites excluding steroid dienone is 1. The number of ether oxygens (including phenoxy) is 3. The quantitative estimate of drug-likeness (QED) is 0.157. The largest absolute Gasteiger partial charge is 0.490 e. The van der Waals surface area contributed by atoms with Crippen LogP contribution in [0, 0.1) is 18.3 Å². The lowest BCUT2D eigenvalue weighted by atomic mass is 10.0. The second-order valence-corrected chi connectivity index (χ2v) is 9.96. The number of carbonyl (C=O) groups excluding carboxylic acids is 2. The lowest BCUT2D eigenvalue weighted by molar-refractivity contribution is -0.114. The van der Waals surface area contributed by atoms with E-state index in [0.717, 1.165) is 28.0 Å². The normalized spacial score (nSPS) is 13.6. The van der Waals surface area contributed by atoms with Gasteiger partial charge in [0.05, 0.1) is 41.8 Å². The summed E-state index contributed by atoms with van der Waals surface area (Å²) in [5, 5.41) is 15.4. The summed E-state index contributed by atoms with van der Waals surface area (Å²) >= 11 is 1.06. The molecule has 1 aromatic heterocycles. The van der Waals surface area contributed by atoms with Gasteiger partial charge in [0.25, 0.3) is 5.91 Å². The Morgan fingerprint density at radius 3 is 2.63 bits per heavy atom.